The molecule has 76 valence electrons. The number of halogens is 1. The number of nitrogens with zero attached hydrogens (tertiary/aromatic N) is 2. The molecular formula is C10H13ClN2O. The summed E-state index contributed by atoms with van der Waals surface area (Å²) >= 11 is 5.67. The van der Waals surface area contributed by atoms with Gasteiger partial charge in [0.15, 0.2) is 0 Å². The Hall–Kier alpha value is -1.09. The average molecular weight is 213 g/mol. The quantitative estimate of drug-likeness (QED) is 0.716. The van der Waals surface area contributed by atoms with E-state index >= 15 is 0 Å². The summed E-state index contributed by atoms with van der Waals surface area (Å²) in [5.74, 6) is 0.411. The van der Waals surface area contributed by atoms with Gasteiger partial charge < -0.3 is 4.90 Å². The molecule has 0 aliphatic rings. The summed E-state index contributed by atoms with van der Waals surface area (Å²) in [7, 11) is 1.75. The van der Waals surface area contributed by atoms with E-state index in [1.54, 1.807) is 36.5 Å². The van der Waals surface area contributed by atoms with Gasteiger partial charge in [-0.2, -0.15) is 0 Å². The first-order valence-corrected chi connectivity index (χ1v) is 4.93. The van der Waals surface area contributed by atoms with Crippen molar-refractivity contribution in [1.82, 2.24) is 9.88 Å². The van der Waals surface area contributed by atoms with Crippen LogP contribution in [0, 0.1) is 0 Å². The summed E-state index contributed by atoms with van der Waals surface area (Å²) in [5.41, 5.74) is 0.638. The van der Waals surface area contributed by atoms with Crippen LogP contribution in [0.2, 0.25) is 0 Å². The van der Waals surface area contributed by atoms with Crippen LogP contribution < -0.4 is 0 Å². The number of hydrogen-bond acceptors (Lipinski definition) is 2. The van der Waals surface area contributed by atoms with Crippen molar-refractivity contribution in [3.63, 3.8) is 0 Å². The standard InChI is InChI=1S/C10H13ClN2O/c1-8(7-11)13(2)10(14)9-3-5-12-6-4-9/h3-6,8H,7H2,1-2H3. The van der Waals surface area contributed by atoms with Gasteiger partial charge in [-0.3, -0.25) is 9.78 Å². The molecule has 0 aliphatic carbocycles. The van der Waals surface area contributed by atoms with Crippen molar-refractivity contribution in [2.75, 3.05) is 12.9 Å². The Morgan fingerprint density at radius 1 is 1.57 bits per heavy atom. The van der Waals surface area contributed by atoms with E-state index in [1.807, 2.05) is 6.92 Å². The van der Waals surface area contributed by atoms with Crippen molar-refractivity contribution < 1.29 is 4.79 Å². The van der Waals surface area contributed by atoms with Crippen LogP contribution in [0.3, 0.4) is 0 Å². The highest BCUT2D eigenvalue weighted by Crippen LogP contribution is 2.06. The number of hydrogen-bond donors (Lipinski definition) is 0. The molecule has 0 spiro atoms. The van der Waals surface area contributed by atoms with E-state index in [1.165, 1.54) is 0 Å². The lowest BCUT2D eigenvalue weighted by Crippen LogP contribution is -2.36. The summed E-state index contributed by atoms with van der Waals surface area (Å²) in [6, 6.07) is 3.43. The minimum atomic E-state index is -0.0273. The number of rotatable bonds is 3. The Morgan fingerprint density at radius 2 is 2.14 bits per heavy atom. The van der Waals surface area contributed by atoms with Gasteiger partial charge in [-0.15, -0.1) is 11.6 Å². The van der Waals surface area contributed by atoms with Crippen LogP contribution in [0.15, 0.2) is 24.5 Å². The van der Waals surface area contributed by atoms with E-state index in [-0.39, 0.29) is 11.9 Å². The molecule has 1 unspecified atom stereocenters. The Balaban J connectivity index is 2.76. The van der Waals surface area contributed by atoms with Gasteiger partial charge in [-0.25, -0.2) is 0 Å². The first-order valence-electron chi connectivity index (χ1n) is 4.40. The van der Waals surface area contributed by atoms with E-state index in [0.29, 0.717) is 11.4 Å². The molecule has 0 radical (unpaired) electrons. The first-order chi connectivity index (χ1) is 6.66. The van der Waals surface area contributed by atoms with Crippen molar-refractivity contribution in [3.05, 3.63) is 30.1 Å². The maximum atomic E-state index is 11.8. The molecule has 1 aromatic rings. The Bertz CT molecular complexity index is 302. The molecule has 1 rings (SSSR count). The third-order valence-electron chi connectivity index (χ3n) is 2.13. The van der Waals surface area contributed by atoms with Gasteiger partial charge in [0.05, 0.1) is 0 Å². The SMILES string of the molecule is CC(CCl)N(C)C(=O)c1ccncc1. The number of carbonyl (C=O) groups excluding carboxylic acids is 1. The fourth-order valence-corrected chi connectivity index (χ4v) is 1.21. The molecule has 1 aromatic heterocycles. The van der Waals surface area contributed by atoms with Crippen LogP contribution in [0.5, 0.6) is 0 Å². The molecule has 0 aliphatic heterocycles. The van der Waals surface area contributed by atoms with Gasteiger partial charge >= 0.3 is 0 Å². The lowest BCUT2D eigenvalue weighted by molar-refractivity contribution is 0.0756. The van der Waals surface area contributed by atoms with Crippen molar-refractivity contribution in [1.29, 1.82) is 0 Å². The summed E-state index contributed by atoms with van der Waals surface area (Å²) < 4.78 is 0. The molecule has 0 N–H and O–H groups in total. The monoisotopic (exact) mass is 212 g/mol. The van der Waals surface area contributed by atoms with Gasteiger partial charge in [-0.1, -0.05) is 0 Å². The summed E-state index contributed by atoms with van der Waals surface area (Å²) in [5, 5.41) is 0. The molecule has 0 fully saturated rings. The highest BCUT2D eigenvalue weighted by Gasteiger charge is 2.15. The highest BCUT2D eigenvalue weighted by atomic mass is 35.5. The Morgan fingerprint density at radius 3 is 2.64 bits per heavy atom. The molecule has 14 heavy (non-hydrogen) atoms. The highest BCUT2D eigenvalue weighted by molar-refractivity contribution is 6.18. The average Bonchev–Trinajstić information content (AvgIpc) is 2.27. The molecule has 0 bridgehead atoms. The molecule has 1 heterocycles. The first kappa shape index (κ1) is 11.0. The molecular weight excluding hydrogens is 200 g/mol. The zero-order valence-electron chi connectivity index (χ0n) is 8.27. The van der Waals surface area contributed by atoms with Crippen molar-refractivity contribution in [2.24, 2.45) is 0 Å². The van der Waals surface area contributed by atoms with Crippen LogP contribution in [0.25, 0.3) is 0 Å². The summed E-state index contributed by atoms with van der Waals surface area (Å²) in [6.07, 6.45) is 3.21. The second kappa shape index (κ2) is 4.96. The van der Waals surface area contributed by atoms with E-state index in [4.69, 9.17) is 11.6 Å². The van der Waals surface area contributed by atoms with Gasteiger partial charge in [0.2, 0.25) is 0 Å². The topological polar surface area (TPSA) is 33.2 Å². The predicted molar refractivity (Wildman–Crippen MR) is 56.5 cm³/mol. The lowest BCUT2D eigenvalue weighted by atomic mass is 10.2. The molecule has 0 aromatic carbocycles. The fourth-order valence-electron chi connectivity index (χ4n) is 1.00. The Kier molecular flexibility index (Phi) is 3.89. The van der Waals surface area contributed by atoms with Crippen molar-refractivity contribution in [2.45, 2.75) is 13.0 Å². The van der Waals surface area contributed by atoms with E-state index in [2.05, 4.69) is 4.98 Å². The molecule has 1 amide bonds. The number of amides is 1. The third-order valence-corrected chi connectivity index (χ3v) is 2.58. The smallest absolute Gasteiger partial charge is 0.253 e. The fraction of sp³-hybridized carbons (Fsp3) is 0.400. The normalized spacial score (nSPS) is 12.2. The zero-order valence-corrected chi connectivity index (χ0v) is 9.03. The summed E-state index contributed by atoms with van der Waals surface area (Å²) in [4.78, 5) is 17.3. The summed E-state index contributed by atoms with van der Waals surface area (Å²) in [6.45, 7) is 1.91. The minimum absolute atomic E-state index is 0.0273. The van der Waals surface area contributed by atoms with E-state index in [9.17, 15) is 4.79 Å². The maximum Gasteiger partial charge on any atom is 0.253 e. The Labute approximate surface area is 88.7 Å². The lowest BCUT2D eigenvalue weighted by Gasteiger charge is -2.22. The van der Waals surface area contributed by atoms with Crippen LogP contribution >= 0.6 is 11.6 Å². The van der Waals surface area contributed by atoms with Crippen LogP contribution in [-0.4, -0.2) is 34.8 Å². The molecule has 4 heteroatoms. The zero-order chi connectivity index (χ0) is 10.6. The number of aromatic nitrogens is 1. The molecule has 1 atom stereocenters. The van der Waals surface area contributed by atoms with Crippen LogP contribution in [-0.2, 0) is 0 Å². The molecule has 0 saturated carbocycles. The van der Waals surface area contributed by atoms with Crippen LogP contribution in [0.1, 0.15) is 17.3 Å². The van der Waals surface area contributed by atoms with Gasteiger partial charge in [0.1, 0.15) is 0 Å². The number of pyridine rings is 1. The van der Waals surface area contributed by atoms with Crippen molar-refractivity contribution in [3.8, 4) is 0 Å². The van der Waals surface area contributed by atoms with Gasteiger partial charge in [-0.05, 0) is 19.1 Å². The predicted octanol–water partition coefficient (Wildman–Crippen LogP) is 1.78. The molecule has 3 nitrogen and oxygen atoms in total. The third kappa shape index (κ3) is 2.45. The largest absolute Gasteiger partial charge is 0.338 e. The van der Waals surface area contributed by atoms with E-state index < -0.39 is 0 Å². The number of alkyl halides is 1. The second-order valence-corrected chi connectivity index (χ2v) is 3.46. The molecule has 0 saturated heterocycles. The number of carbonyl (C=O) groups is 1. The van der Waals surface area contributed by atoms with Crippen LogP contribution in [0.4, 0.5) is 0 Å². The maximum absolute atomic E-state index is 11.8. The van der Waals surface area contributed by atoms with Gasteiger partial charge in [0.25, 0.3) is 5.91 Å². The second-order valence-electron chi connectivity index (χ2n) is 3.16. The van der Waals surface area contributed by atoms with Crippen molar-refractivity contribution >= 4 is 17.5 Å². The minimum Gasteiger partial charge on any atom is -0.338 e. The van der Waals surface area contributed by atoms with Gasteiger partial charge in [0, 0.05) is 36.9 Å². The van der Waals surface area contributed by atoms with E-state index in [0.717, 1.165) is 0 Å².